The molecule has 2 unspecified atom stereocenters. The lowest BCUT2D eigenvalue weighted by molar-refractivity contribution is -0.141. The smallest absolute Gasteiger partial charge is 0.311 e. The summed E-state index contributed by atoms with van der Waals surface area (Å²) in [6.45, 7) is 0. The van der Waals surface area contributed by atoms with Gasteiger partial charge in [-0.1, -0.05) is 0 Å². The molecule has 3 rings (SSSR count). The average Bonchev–Trinajstić information content (AvgIpc) is 2.77. The molecule has 2 N–H and O–H groups in total. The maximum absolute atomic E-state index is 12.4. The van der Waals surface area contributed by atoms with Crippen molar-refractivity contribution < 1.29 is 21.6 Å². The van der Waals surface area contributed by atoms with Crippen molar-refractivity contribution in [3.8, 4) is 0 Å². The number of pyridine rings is 1. The third-order valence-corrected chi connectivity index (χ3v) is 5.64. The second kappa shape index (κ2) is 6.54. The van der Waals surface area contributed by atoms with Crippen molar-refractivity contribution in [2.24, 2.45) is 0 Å². The summed E-state index contributed by atoms with van der Waals surface area (Å²) in [6, 6.07) is 2.06. The molecule has 0 saturated carbocycles. The van der Waals surface area contributed by atoms with Crippen LogP contribution in [0.2, 0.25) is 0 Å². The Bertz CT molecular complexity index is 639. The van der Waals surface area contributed by atoms with Crippen LogP contribution in [-0.4, -0.2) is 31.5 Å². The van der Waals surface area contributed by atoms with Gasteiger partial charge in [-0.2, -0.15) is 13.2 Å². The molecule has 3 heterocycles. The van der Waals surface area contributed by atoms with Gasteiger partial charge < -0.3 is 5.32 Å². The summed E-state index contributed by atoms with van der Waals surface area (Å²) in [5.41, 5.74) is -1.11. The lowest BCUT2D eigenvalue weighted by Crippen LogP contribution is -2.47. The van der Waals surface area contributed by atoms with Gasteiger partial charge in [0.1, 0.15) is 10.6 Å². The minimum Gasteiger partial charge on any atom is -0.311 e. The van der Waals surface area contributed by atoms with Gasteiger partial charge in [0.15, 0.2) is 0 Å². The van der Waals surface area contributed by atoms with Crippen molar-refractivity contribution in [1.29, 1.82) is 0 Å². The molecule has 2 aliphatic heterocycles. The Hall–Kier alpha value is -0.900. The predicted molar refractivity (Wildman–Crippen MR) is 79.8 cm³/mol. The van der Waals surface area contributed by atoms with Crippen molar-refractivity contribution >= 4 is 22.4 Å². The van der Waals surface area contributed by atoms with Crippen LogP contribution in [0, 0.1) is 0 Å². The molecule has 5 nitrogen and oxygen atoms in total. The van der Waals surface area contributed by atoms with Crippen LogP contribution in [0.1, 0.15) is 31.4 Å². The first kappa shape index (κ1) is 18.4. The first-order chi connectivity index (χ1) is 10.2. The molecule has 0 radical (unpaired) electrons. The van der Waals surface area contributed by atoms with Crippen molar-refractivity contribution in [2.75, 3.05) is 0 Å². The molecule has 2 fully saturated rings. The molecule has 0 amide bonds. The molecule has 1 aromatic heterocycles. The van der Waals surface area contributed by atoms with Gasteiger partial charge in [-0.05, 0) is 37.8 Å². The van der Waals surface area contributed by atoms with E-state index in [1.165, 1.54) is 0 Å². The lowest BCUT2D eigenvalue weighted by Gasteiger charge is -2.29. The van der Waals surface area contributed by atoms with E-state index in [4.69, 9.17) is 0 Å². The number of sulfonamides is 1. The molecule has 23 heavy (non-hydrogen) atoms. The number of nitrogens with one attached hydrogen (secondary N) is 2. The molecule has 130 valence electrons. The van der Waals surface area contributed by atoms with E-state index in [1.807, 2.05) is 0 Å². The van der Waals surface area contributed by atoms with Crippen molar-refractivity contribution in [3.05, 3.63) is 24.0 Å². The van der Waals surface area contributed by atoms with Crippen LogP contribution in [0.15, 0.2) is 23.2 Å². The minimum absolute atomic E-state index is 0. The van der Waals surface area contributed by atoms with Gasteiger partial charge >= 0.3 is 6.18 Å². The zero-order chi connectivity index (χ0) is 16.0. The van der Waals surface area contributed by atoms with E-state index >= 15 is 0 Å². The maximum Gasteiger partial charge on any atom is 0.433 e. The van der Waals surface area contributed by atoms with E-state index < -0.39 is 21.9 Å². The van der Waals surface area contributed by atoms with Gasteiger partial charge in [-0.15, -0.1) is 12.4 Å². The Balaban J connectivity index is 0.00000192. The summed E-state index contributed by atoms with van der Waals surface area (Å²) in [5.74, 6) is 0. The Morgan fingerprint density at radius 2 is 1.78 bits per heavy atom. The van der Waals surface area contributed by atoms with Crippen LogP contribution in [0.25, 0.3) is 0 Å². The molecule has 2 bridgehead atoms. The lowest BCUT2D eigenvalue weighted by atomic mass is 10.0. The largest absolute Gasteiger partial charge is 0.433 e. The minimum atomic E-state index is -4.58. The zero-order valence-corrected chi connectivity index (χ0v) is 13.6. The predicted octanol–water partition coefficient (Wildman–Crippen LogP) is 2.08. The number of piperidine rings is 1. The zero-order valence-electron chi connectivity index (χ0n) is 12.0. The Morgan fingerprint density at radius 1 is 1.17 bits per heavy atom. The third kappa shape index (κ3) is 4.14. The summed E-state index contributed by atoms with van der Waals surface area (Å²) in [6.07, 6.45) is -0.367. The average molecular weight is 372 g/mol. The molecular formula is C13H17ClF3N3O2S. The van der Waals surface area contributed by atoms with E-state index in [0.29, 0.717) is 31.0 Å². The summed E-state index contributed by atoms with van der Waals surface area (Å²) in [7, 11) is -3.85. The fraction of sp³-hybridized carbons (Fsp3) is 0.615. The van der Waals surface area contributed by atoms with E-state index in [1.54, 1.807) is 0 Å². The molecule has 0 aliphatic carbocycles. The third-order valence-electron chi connectivity index (χ3n) is 4.13. The fourth-order valence-electron chi connectivity index (χ4n) is 3.15. The highest BCUT2D eigenvalue weighted by atomic mass is 35.5. The molecule has 0 spiro atoms. The molecule has 2 saturated heterocycles. The van der Waals surface area contributed by atoms with Gasteiger partial charge in [0.05, 0.1) is 0 Å². The molecule has 2 atom stereocenters. The van der Waals surface area contributed by atoms with Gasteiger partial charge in [0.25, 0.3) is 0 Å². The van der Waals surface area contributed by atoms with Crippen LogP contribution in [0.5, 0.6) is 0 Å². The van der Waals surface area contributed by atoms with Crippen molar-refractivity contribution in [2.45, 2.75) is 54.9 Å². The standard InChI is InChI=1S/C13H16F3N3O2S.ClH/c14-13(15,16)12-4-3-11(7-17-12)22(20,21)19-10-5-8-1-2-9(6-10)18-8;/h3-4,7-10,18-19H,1-2,5-6H2;1H. The van der Waals surface area contributed by atoms with Gasteiger partial charge in [-0.25, -0.2) is 13.1 Å². The van der Waals surface area contributed by atoms with E-state index in [9.17, 15) is 21.6 Å². The first-order valence-corrected chi connectivity index (χ1v) is 8.54. The molecule has 0 aromatic carbocycles. The highest BCUT2D eigenvalue weighted by Crippen LogP contribution is 2.29. The summed E-state index contributed by atoms with van der Waals surface area (Å²) in [5, 5.41) is 3.40. The van der Waals surface area contributed by atoms with Crippen LogP contribution in [-0.2, 0) is 16.2 Å². The second-order valence-corrected chi connectivity index (χ2v) is 7.52. The molecule has 10 heteroatoms. The van der Waals surface area contributed by atoms with Gasteiger partial charge in [0.2, 0.25) is 10.0 Å². The number of hydrogen-bond acceptors (Lipinski definition) is 4. The van der Waals surface area contributed by atoms with E-state index in [2.05, 4.69) is 15.0 Å². The van der Waals surface area contributed by atoms with E-state index in [0.717, 1.165) is 25.1 Å². The number of aromatic nitrogens is 1. The second-order valence-electron chi connectivity index (χ2n) is 5.80. The number of fused-ring (bicyclic) bond motifs is 2. The van der Waals surface area contributed by atoms with Crippen LogP contribution >= 0.6 is 12.4 Å². The Kier molecular flexibility index (Phi) is 5.24. The SMILES string of the molecule is Cl.O=S(=O)(NC1CC2CCC(C1)N2)c1ccc(C(F)(F)F)nc1. The quantitative estimate of drug-likeness (QED) is 0.853. The normalized spacial score (nSPS) is 27.5. The number of halogens is 4. The Labute approximate surface area is 138 Å². The number of hydrogen-bond donors (Lipinski definition) is 2. The summed E-state index contributed by atoms with van der Waals surface area (Å²) < 4.78 is 64.4. The van der Waals surface area contributed by atoms with Gasteiger partial charge in [-0.3, -0.25) is 4.98 Å². The number of nitrogens with zero attached hydrogens (tertiary/aromatic N) is 1. The van der Waals surface area contributed by atoms with Crippen LogP contribution in [0.4, 0.5) is 13.2 Å². The fourth-order valence-corrected chi connectivity index (χ4v) is 4.35. The van der Waals surface area contributed by atoms with E-state index in [-0.39, 0.29) is 23.3 Å². The first-order valence-electron chi connectivity index (χ1n) is 7.06. The molecular weight excluding hydrogens is 355 g/mol. The monoisotopic (exact) mass is 371 g/mol. The molecule has 1 aromatic rings. The van der Waals surface area contributed by atoms with Crippen molar-refractivity contribution in [3.63, 3.8) is 0 Å². The summed E-state index contributed by atoms with van der Waals surface area (Å²) >= 11 is 0. The summed E-state index contributed by atoms with van der Waals surface area (Å²) in [4.78, 5) is 2.95. The Morgan fingerprint density at radius 3 is 2.26 bits per heavy atom. The van der Waals surface area contributed by atoms with Gasteiger partial charge in [0, 0.05) is 24.3 Å². The number of rotatable bonds is 3. The highest BCUT2D eigenvalue weighted by molar-refractivity contribution is 7.89. The number of alkyl halides is 3. The van der Waals surface area contributed by atoms with Crippen molar-refractivity contribution in [1.82, 2.24) is 15.0 Å². The topological polar surface area (TPSA) is 71.1 Å². The maximum atomic E-state index is 12.4. The molecule has 2 aliphatic rings. The van der Waals surface area contributed by atoms with Crippen LogP contribution in [0.3, 0.4) is 0 Å². The van der Waals surface area contributed by atoms with Crippen LogP contribution < -0.4 is 10.0 Å². The highest BCUT2D eigenvalue weighted by Gasteiger charge is 2.36.